The number of amides is 1. The summed E-state index contributed by atoms with van der Waals surface area (Å²) in [5, 5.41) is 13.3. The fourth-order valence-electron chi connectivity index (χ4n) is 1.26. The summed E-state index contributed by atoms with van der Waals surface area (Å²) in [5.41, 5.74) is 6.15. The maximum atomic E-state index is 11.7. The van der Waals surface area contributed by atoms with E-state index in [1.807, 2.05) is 6.92 Å². The Kier molecular flexibility index (Phi) is 4.58. The van der Waals surface area contributed by atoms with Gasteiger partial charge in [0.15, 0.2) is 0 Å². The smallest absolute Gasteiger partial charge is 0.263 e. The number of thiophene rings is 1. The van der Waals surface area contributed by atoms with Crippen LogP contribution in [0, 0.1) is 0 Å². The number of nitrogens with two attached hydrogens (primary N) is 1. The molecule has 4 N–H and O–H groups in total. The molecule has 1 aromatic rings. The van der Waals surface area contributed by atoms with Gasteiger partial charge in [-0.25, -0.2) is 0 Å². The van der Waals surface area contributed by atoms with E-state index < -0.39 is 0 Å². The first kappa shape index (κ1) is 12.0. The zero-order chi connectivity index (χ0) is 11.3. The van der Waals surface area contributed by atoms with Crippen LogP contribution in [0.1, 0.15) is 29.4 Å². The van der Waals surface area contributed by atoms with Crippen molar-refractivity contribution in [1.82, 2.24) is 5.32 Å². The van der Waals surface area contributed by atoms with Crippen molar-refractivity contribution in [3.05, 3.63) is 16.3 Å². The Morgan fingerprint density at radius 2 is 2.47 bits per heavy atom. The topological polar surface area (TPSA) is 75.3 Å². The van der Waals surface area contributed by atoms with E-state index in [-0.39, 0.29) is 18.6 Å². The van der Waals surface area contributed by atoms with Gasteiger partial charge < -0.3 is 16.2 Å². The van der Waals surface area contributed by atoms with Gasteiger partial charge in [-0.05, 0) is 31.2 Å². The first-order chi connectivity index (χ1) is 7.15. The standard InChI is InChI=1S/C10H16N2O2S/c1-7(3-2-5-13)12-10(14)9-8(11)4-6-15-9/h4,6-7,13H,2-3,5,11H2,1H3,(H,12,14). The Labute approximate surface area is 93.1 Å². The van der Waals surface area contributed by atoms with Gasteiger partial charge in [0.1, 0.15) is 4.88 Å². The van der Waals surface area contributed by atoms with Crippen molar-refractivity contribution in [3.8, 4) is 0 Å². The van der Waals surface area contributed by atoms with Crippen molar-refractivity contribution in [2.75, 3.05) is 12.3 Å². The summed E-state index contributed by atoms with van der Waals surface area (Å²) >= 11 is 1.34. The largest absolute Gasteiger partial charge is 0.397 e. The van der Waals surface area contributed by atoms with Gasteiger partial charge >= 0.3 is 0 Å². The van der Waals surface area contributed by atoms with Crippen LogP contribution in [0.25, 0.3) is 0 Å². The Morgan fingerprint density at radius 1 is 1.73 bits per heavy atom. The lowest BCUT2D eigenvalue weighted by Crippen LogP contribution is -2.32. The minimum Gasteiger partial charge on any atom is -0.397 e. The predicted molar refractivity (Wildman–Crippen MR) is 62.0 cm³/mol. The van der Waals surface area contributed by atoms with E-state index in [1.165, 1.54) is 11.3 Å². The highest BCUT2D eigenvalue weighted by molar-refractivity contribution is 7.12. The van der Waals surface area contributed by atoms with Gasteiger partial charge in [0.2, 0.25) is 0 Å². The third-order valence-electron chi connectivity index (χ3n) is 2.07. The number of hydrogen-bond donors (Lipinski definition) is 3. The minimum absolute atomic E-state index is 0.0612. The average Bonchev–Trinajstić information content (AvgIpc) is 2.61. The normalized spacial score (nSPS) is 12.4. The van der Waals surface area contributed by atoms with E-state index in [0.29, 0.717) is 17.0 Å². The van der Waals surface area contributed by atoms with Crippen molar-refractivity contribution in [2.45, 2.75) is 25.8 Å². The fourth-order valence-corrected chi connectivity index (χ4v) is 1.98. The van der Waals surface area contributed by atoms with Crippen molar-refractivity contribution < 1.29 is 9.90 Å². The molecule has 0 fully saturated rings. The molecular formula is C10H16N2O2S. The molecule has 0 aromatic carbocycles. The highest BCUT2D eigenvalue weighted by Crippen LogP contribution is 2.18. The zero-order valence-corrected chi connectivity index (χ0v) is 9.51. The first-order valence-electron chi connectivity index (χ1n) is 4.90. The molecule has 0 radical (unpaired) electrons. The molecule has 0 aliphatic rings. The van der Waals surface area contributed by atoms with E-state index in [2.05, 4.69) is 5.32 Å². The molecule has 0 bridgehead atoms. The van der Waals surface area contributed by atoms with Crippen LogP contribution in [-0.4, -0.2) is 23.7 Å². The lowest BCUT2D eigenvalue weighted by atomic mass is 10.2. The number of nitrogens with one attached hydrogen (secondary N) is 1. The molecular weight excluding hydrogens is 212 g/mol. The number of hydrogen-bond acceptors (Lipinski definition) is 4. The number of rotatable bonds is 5. The van der Waals surface area contributed by atoms with Crippen molar-refractivity contribution >= 4 is 22.9 Å². The second kappa shape index (κ2) is 5.72. The Hall–Kier alpha value is -1.07. The number of carbonyl (C=O) groups is 1. The molecule has 84 valence electrons. The number of carbonyl (C=O) groups excluding carboxylic acids is 1. The van der Waals surface area contributed by atoms with Crippen molar-refractivity contribution in [3.63, 3.8) is 0 Å². The molecule has 0 saturated carbocycles. The maximum Gasteiger partial charge on any atom is 0.263 e. The molecule has 15 heavy (non-hydrogen) atoms. The molecule has 4 nitrogen and oxygen atoms in total. The van der Waals surface area contributed by atoms with Gasteiger partial charge in [0, 0.05) is 12.6 Å². The molecule has 0 aliphatic carbocycles. The van der Waals surface area contributed by atoms with E-state index >= 15 is 0 Å². The van der Waals surface area contributed by atoms with E-state index in [9.17, 15) is 4.79 Å². The second-order valence-electron chi connectivity index (χ2n) is 3.45. The summed E-state index contributed by atoms with van der Waals surface area (Å²) in [6.45, 7) is 2.07. The zero-order valence-electron chi connectivity index (χ0n) is 8.69. The molecule has 0 aliphatic heterocycles. The SMILES string of the molecule is CC(CCCO)NC(=O)c1sccc1N. The van der Waals surface area contributed by atoms with Crippen LogP contribution in [0.5, 0.6) is 0 Å². The Balaban J connectivity index is 2.46. The summed E-state index contributed by atoms with van der Waals surface area (Å²) in [5.74, 6) is -0.132. The highest BCUT2D eigenvalue weighted by atomic mass is 32.1. The number of anilines is 1. The molecule has 0 saturated heterocycles. The van der Waals surface area contributed by atoms with Crippen LogP contribution in [0.4, 0.5) is 5.69 Å². The average molecular weight is 228 g/mol. The van der Waals surface area contributed by atoms with E-state index in [0.717, 1.165) is 6.42 Å². The van der Waals surface area contributed by atoms with E-state index in [1.54, 1.807) is 11.4 Å². The molecule has 1 unspecified atom stereocenters. The van der Waals surface area contributed by atoms with E-state index in [4.69, 9.17) is 10.8 Å². The Morgan fingerprint density at radius 3 is 3.00 bits per heavy atom. The first-order valence-corrected chi connectivity index (χ1v) is 5.77. The van der Waals surface area contributed by atoms with Crippen LogP contribution in [-0.2, 0) is 0 Å². The Bertz CT molecular complexity index is 325. The van der Waals surface area contributed by atoms with Gasteiger partial charge in [0.25, 0.3) is 5.91 Å². The predicted octanol–water partition coefficient (Wildman–Crippen LogP) is 1.22. The van der Waals surface area contributed by atoms with Crippen LogP contribution in [0.2, 0.25) is 0 Å². The van der Waals surface area contributed by atoms with Crippen LogP contribution in [0.15, 0.2) is 11.4 Å². The van der Waals surface area contributed by atoms with Crippen LogP contribution >= 0.6 is 11.3 Å². The number of aliphatic hydroxyl groups excluding tert-OH is 1. The quantitative estimate of drug-likeness (QED) is 0.709. The number of aliphatic hydroxyl groups is 1. The van der Waals surface area contributed by atoms with Gasteiger partial charge in [-0.2, -0.15) is 0 Å². The lowest BCUT2D eigenvalue weighted by Gasteiger charge is -2.12. The molecule has 1 atom stereocenters. The van der Waals surface area contributed by atoms with Gasteiger partial charge in [0.05, 0.1) is 5.69 Å². The van der Waals surface area contributed by atoms with Gasteiger partial charge in [-0.3, -0.25) is 4.79 Å². The molecule has 1 heterocycles. The molecule has 5 heteroatoms. The van der Waals surface area contributed by atoms with Crippen LogP contribution < -0.4 is 11.1 Å². The second-order valence-corrected chi connectivity index (χ2v) is 4.36. The minimum atomic E-state index is -0.132. The summed E-state index contributed by atoms with van der Waals surface area (Å²) in [6.07, 6.45) is 1.47. The van der Waals surface area contributed by atoms with Crippen molar-refractivity contribution in [1.29, 1.82) is 0 Å². The summed E-state index contributed by atoms with van der Waals surface area (Å²) in [4.78, 5) is 12.2. The lowest BCUT2D eigenvalue weighted by molar-refractivity contribution is 0.0941. The van der Waals surface area contributed by atoms with Gasteiger partial charge in [-0.1, -0.05) is 0 Å². The molecule has 0 spiro atoms. The fraction of sp³-hybridized carbons (Fsp3) is 0.500. The summed E-state index contributed by atoms with van der Waals surface area (Å²) < 4.78 is 0. The maximum absolute atomic E-state index is 11.7. The summed E-state index contributed by atoms with van der Waals surface area (Å²) in [7, 11) is 0. The van der Waals surface area contributed by atoms with Gasteiger partial charge in [-0.15, -0.1) is 11.3 Å². The van der Waals surface area contributed by atoms with Crippen LogP contribution in [0.3, 0.4) is 0 Å². The number of nitrogen functional groups attached to an aromatic ring is 1. The third kappa shape index (κ3) is 3.53. The van der Waals surface area contributed by atoms with Crippen molar-refractivity contribution in [2.24, 2.45) is 0 Å². The molecule has 1 amide bonds. The molecule has 1 aromatic heterocycles. The third-order valence-corrected chi connectivity index (χ3v) is 3.00. The monoisotopic (exact) mass is 228 g/mol. The molecule has 1 rings (SSSR count). The summed E-state index contributed by atoms with van der Waals surface area (Å²) in [6, 6.07) is 1.78. The highest BCUT2D eigenvalue weighted by Gasteiger charge is 2.13.